The number of halogens is 3. The highest BCUT2D eigenvalue weighted by Gasteiger charge is 2.31. The largest absolute Gasteiger partial charge is 0.573 e. The second kappa shape index (κ2) is 9.41. The lowest BCUT2D eigenvalue weighted by Gasteiger charge is -2.21. The number of anilines is 2. The number of benzene rings is 2. The van der Waals surface area contributed by atoms with Crippen molar-refractivity contribution in [3.8, 4) is 5.75 Å². The van der Waals surface area contributed by atoms with Crippen LogP contribution in [0.2, 0.25) is 0 Å². The Balaban J connectivity index is 1.47. The van der Waals surface area contributed by atoms with Crippen LogP contribution >= 0.6 is 0 Å². The molecule has 8 nitrogen and oxygen atoms in total. The summed E-state index contributed by atoms with van der Waals surface area (Å²) >= 11 is 0. The van der Waals surface area contributed by atoms with Gasteiger partial charge in [0.05, 0.1) is 5.52 Å². The molecule has 1 fully saturated rings. The van der Waals surface area contributed by atoms with E-state index < -0.39 is 12.3 Å². The molecule has 0 atom stereocenters. The molecule has 0 radical (unpaired) electrons. The fourth-order valence-electron chi connectivity index (χ4n) is 3.54. The van der Waals surface area contributed by atoms with Crippen molar-refractivity contribution < 1.29 is 27.5 Å². The molecule has 33 heavy (non-hydrogen) atoms. The first-order valence-corrected chi connectivity index (χ1v) is 10.2. The lowest BCUT2D eigenvalue weighted by atomic mass is 9.97. The van der Waals surface area contributed by atoms with Crippen LogP contribution in [-0.4, -0.2) is 41.2 Å². The molecule has 2 heterocycles. The first-order valence-electron chi connectivity index (χ1n) is 10.2. The fraction of sp³-hybridized carbons (Fsp3) is 0.273. The number of imide groups is 1. The van der Waals surface area contributed by atoms with Crippen LogP contribution in [-0.2, 0) is 4.79 Å². The topological polar surface area (TPSA) is 105 Å². The third-order valence-electron chi connectivity index (χ3n) is 5.20. The Morgan fingerprint density at radius 1 is 1.03 bits per heavy atom. The van der Waals surface area contributed by atoms with Crippen molar-refractivity contribution in [2.45, 2.75) is 19.2 Å². The van der Waals surface area contributed by atoms with Gasteiger partial charge in [-0.05, 0) is 68.4 Å². The number of amides is 2. The highest BCUT2D eigenvalue weighted by Crippen LogP contribution is 2.27. The van der Waals surface area contributed by atoms with E-state index in [1.165, 1.54) is 30.6 Å². The summed E-state index contributed by atoms with van der Waals surface area (Å²) in [7, 11) is 0. The summed E-state index contributed by atoms with van der Waals surface area (Å²) in [5.41, 5.74) is 1.23. The number of nitrogens with zero attached hydrogens (tertiary/aromatic N) is 2. The Morgan fingerprint density at radius 3 is 2.45 bits per heavy atom. The minimum absolute atomic E-state index is 0.193. The van der Waals surface area contributed by atoms with Gasteiger partial charge >= 0.3 is 6.36 Å². The quantitative estimate of drug-likeness (QED) is 0.502. The highest BCUT2D eigenvalue weighted by atomic mass is 19.4. The number of nitrogens with one attached hydrogen (secondary N) is 3. The van der Waals surface area contributed by atoms with E-state index >= 15 is 0 Å². The monoisotopic (exact) mass is 459 g/mol. The lowest BCUT2D eigenvalue weighted by Crippen LogP contribution is -2.40. The maximum absolute atomic E-state index is 12.5. The number of ether oxygens (including phenoxy) is 1. The van der Waals surface area contributed by atoms with Gasteiger partial charge in [-0.2, -0.15) is 0 Å². The van der Waals surface area contributed by atoms with Gasteiger partial charge in [0.15, 0.2) is 0 Å². The number of rotatable bonds is 5. The molecule has 1 aromatic heterocycles. The molecule has 2 amide bonds. The van der Waals surface area contributed by atoms with Crippen molar-refractivity contribution in [1.29, 1.82) is 0 Å². The minimum atomic E-state index is -4.76. The van der Waals surface area contributed by atoms with Gasteiger partial charge in [-0.3, -0.25) is 14.9 Å². The fourth-order valence-corrected chi connectivity index (χ4v) is 3.54. The van der Waals surface area contributed by atoms with E-state index in [0.29, 0.717) is 35.2 Å². The Hall–Kier alpha value is -3.73. The maximum atomic E-state index is 12.5. The van der Waals surface area contributed by atoms with Crippen LogP contribution in [0.3, 0.4) is 0 Å². The van der Waals surface area contributed by atoms with Crippen LogP contribution in [0, 0.1) is 5.92 Å². The molecule has 172 valence electrons. The molecule has 1 aliphatic rings. The third-order valence-corrected chi connectivity index (χ3v) is 5.20. The van der Waals surface area contributed by atoms with Crippen molar-refractivity contribution in [2.24, 2.45) is 5.92 Å². The number of hydrogen-bond acceptors (Lipinski definition) is 7. The average Bonchev–Trinajstić information content (AvgIpc) is 2.80. The van der Waals surface area contributed by atoms with E-state index in [1.807, 2.05) is 0 Å². The van der Waals surface area contributed by atoms with Crippen molar-refractivity contribution in [3.05, 3.63) is 54.4 Å². The Kier molecular flexibility index (Phi) is 6.40. The first-order chi connectivity index (χ1) is 15.8. The van der Waals surface area contributed by atoms with Gasteiger partial charge in [0.25, 0.3) is 5.91 Å². The van der Waals surface area contributed by atoms with Crippen molar-refractivity contribution in [3.63, 3.8) is 0 Å². The van der Waals surface area contributed by atoms with Gasteiger partial charge in [-0.25, -0.2) is 9.97 Å². The van der Waals surface area contributed by atoms with E-state index in [4.69, 9.17) is 0 Å². The summed E-state index contributed by atoms with van der Waals surface area (Å²) in [5, 5.41) is 9.23. The molecule has 0 bridgehead atoms. The minimum Gasteiger partial charge on any atom is -0.406 e. The molecule has 0 aliphatic carbocycles. The standard InChI is InChI=1S/C22H20F3N5O3/c23-22(24,25)33-16-4-2-15(3-5-16)29-19-17-6-1-14(11-18(17)27-12-28-19)21(32)30-20(31)13-7-9-26-10-8-13/h1-6,11-13,26H,7-10H2,(H,27,28,29)(H,30,31,32). The molecule has 3 aromatic rings. The van der Waals surface area contributed by atoms with Crippen LogP contribution in [0.1, 0.15) is 23.2 Å². The van der Waals surface area contributed by atoms with Gasteiger partial charge in [-0.15, -0.1) is 13.2 Å². The average molecular weight is 459 g/mol. The van der Waals surface area contributed by atoms with Gasteiger partial charge in [0.2, 0.25) is 5.91 Å². The normalized spacial score (nSPS) is 14.6. The summed E-state index contributed by atoms with van der Waals surface area (Å²) in [4.78, 5) is 33.2. The van der Waals surface area contributed by atoms with Gasteiger partial charge in [0.1, 0.15) is 17.9 Å². The van der Waals surface area contributed by atoms with Gasteiger partial charge in [0, 0.05) is 22.6 Å². The Labute approximate surface area is 186 Å². The molecule has 1 saturated heterocycles. The summed E-state index contributed by atoms with van der Waals surface area (Å²) < 4.78 is 40.8. The number of hydrogen-bond donors (Lipinski definition) is 3. The Morgan fingerprint density at radius 2 is 1.76 bits per heavy atom. The van der Waals surface area contributed by atoms with E-state index in [1.54, 1.807) is 18.2 Å². The molecule has 1 aliphatic heterocycles. The van der Waals surface area contributed by atoms with Gasteiger partial charge < -0.3 is 15.4 Å². The number of carbonyl (C=O) groups excluding carboxylic acids is 2. The zero-order valence-corrected chi connectivity index (χ0v) is 17.3. The number of piperidine rings is 1. The molecule has 3 N–H and O–H groups in total. The predicted octanol–water partition coefficient (Wildman–Crippen LogP) is 3.53. The smallest absolute Gasteiger partial charge is 0.406 e. The number of aromatic nitrogens is 2. The van der Waals surface area contributed by atoms with E-state index in [2.05, 4.69) is 30.7 Å². The van der Waals surface area contributed by atoms with Crippen LogP contribution in [0.4, 0.5) is 24.7 Å². The number of alkyl halides is 3. The van der Waals surface area contributed by atoms with Crippen molar-refractivity contribution in [2.75, 3.05) is 18.4 Å². The van der Waals surface area contributed by atoms with E-state index in [-0.39, 0.29) is 23.1 Å². The molecular weight excluding hydrogens is 439 g/mol. The second-order valence-electron chi connectivity index (χ2n) is 7.49. The predicted molar refractivity (Wildman–Crippen MR) is 114 cm³/mol. The van der Waals surface area contributed by atoms with Crippen LogP contribution in [0.25, 0.3) is 10.9 Å². The summed E-state index contributed by atoms with van der Waals surface area (Å²) in [5.74, 6) is -0.919. The van der Waals surface area contributed by atoms with Crippen molar-refractivity contribution in [1.82, 2.24) is 20.6 Å². The highest BCUT2D eigenvalue weighted by molar-refractivity contribution is 6.07. The summed E-state index contributed by atoms with van der Waals surface area (Å²) in [6.07, 6.45) is -2.10. The Bertz CT molecular complexity index is 1160. The van der Waals surface area contributed by atoms with E-state index in [9.17, 15) is 22.8 Å². The SMILES string of the molecule is O=C(NC(=O)C1CCNCC1)c1ccc2c(Nc3ccc(OC(F)(F)F)cc3)ncnc2c1. The van der Waals surface area contributed by atoms with Crippen LogP contribution < -0.4 is 20.7 Å². The molecular formula is C22H20F3N5O3. The zero-order chi connectivity index (χ0) is 23.4. The summed E-state index contributed by atoms with van der Waals surface area (Å²) in [6.45, 7) is 1.49. The molecule has 11 heteroatoms. The van der Waals surface area contributed by atoms with E-state index in [0.717, 1.165) is 13.1 Å². The number of fused-ring (bicyclic) bond motifs is 1. The maximum Gasteiger partial charge on any atom is 0.573 e. The molecule has 0 unspecified atom stereocenters. The van der Waals surface area contributed by atoms with Crippen LogP contribution in [0.15, 0.2) is 48.8 Å². The first kappa shape index (κ1) is 22.5. The molecule has 2 aromatic carbocycles. The molecule has 4 rings (SSSR count). The lowest BCUT2D eigenvalue weighted by molar-refractivity contribution is -0.274. The zero-order valence-electron chi connectivity index (χ0n) is 17.3. The van der Waals surface area contributed by atoms with Gasteiger partial charge in [-0.1, -0.05) is 0 Å². The summed E-state index contributed by atoms with van der Waals surface area (Å²) in [6, 6.07) is 9.95. The van der Waals surface area contributed by atoms with Crippen molar-refractivity contribution >= 4 is 34.2 Å². The molecule has 0 saturated carbocycles. The third kappa shape index (κ3) is 5.75. The van der Waals surface area contributed by atoms with Crippen LogP contribution in [0.5, 0.6) is 5.75 Å². The number of carbonyl (C=O) groups is 2. The second-order valence-corrected chi connectivity index (χ2v) is 7.49. The molecule has 0 spiro atoms.